The second kappa shape index (κ2) is 7.45. The Bertz CT molecular complexity index is 322. The van der Waals surface area contributed by atoms with Gasteiger partial charge in [-0.3, -0.25) is 14.5 Å². The van der Waals surface area contributed by atoms with E-state index in [1.165, 1.54) is 0 Å². The molecule has 1 saturated heterocycles. The molecule has 1 unspecified atom stereocenters. The van der Waals surface area contributed by atoms with Crippen molar-refractivity contribution in [3.8, 4) is 0 Å². The summed E-state index contributed by atoms with van der Waals surface area (Å²) >= 11 is 0. The van der Waals surface area contributed by atoms with E-state index >= 15 is 0 Å². The zero-order chi connectivity index (χ0) is 14.4. The first-order valence-electron chi connectivity index (χ1n) is 7.00. The molecule has 19 heavy (non-hydrogen) atoms. The van der Waals surface area contributed by atoms with Crippen LogP contribution in [0.4, 0.5) is 0 Å². The van der Waals surface area contributed by atoms with Gasteiger partial charge in [-0.15, -0.1) is 0 Å². The van der Waals surface area contributed by atoms with Crippen molar-refractivity contribution in [1.82, 2.24) is 9.80 Å². The molecule has 2 amide bonds. The van der Waals surface area contributed by atoms with E-state index in [1.807, 2.05) is 23.6 Å². The van der Waals surface area contributed by atoms with Crippen LogP contribution >= 0.6 is 0 Å². The molecule has 6 heteroatoms. The first-order chi connectivity index (χ1) is 8.95. The molecule has 6 nitrogen and oxygen atoms in total. The number of amides is 2. The molecule has 1 rings (SSSR count). The molecule has 0 saturated carbocycles. The van der Waals surface area contributed by atoms with Crippen molar-refractivity contribution in [2.24, 2.45) is 17.4 Å². The van der Waals surface area contributed by atoms with Gasteiger partial charge < -0.3 is 16.4 Å². The summed E-state index contributed by atoms with van der Waals surface area (Å²) in [6.07, 6.45) is 1.75. The quantitative estimate of drug-likeness (QED) is 0.696. The van der Waals surface area contributed by atoms with E-state index in [0.717, 1.165) is 19.4 Å². The number of primary amides is 1. The zero-order valence-corrected chi connectivity index (χ0v) is 12.0. The predicted molar refractivity (Wildman–Crippen MR) is 74.3 cm³/mol. The van der Waals surface area contributed by atoms with Crippen molar-refractivity contribution in [3.05, 3.63) is 0 Å². The predicted octanol–water partition coefficient (Wildman–Crippen LogP) is -0.621. The molecular formula is C13H26N4O2. The van der Waals surface area contributed by atoms with Gasteiger partial charge in [0.2, 0.25) is 11.8 Å². The summed E-state index contributed by atoms with van der Waals surface area (Å²) in [6.45, 7) is 7.11. The van der Waals surface area contributed by atoms with E-state index in [-0.39, 0.29) is 24.3 Å². The fourth-order valence-electron chi connectivity index (χ4n) is 2.28. The largest absolute Gasteiger partial charge is 0.369 e. The third-order valence-electron chi connectivity index (χ3n) is 3.82. The molecular weight excluding hydrogens is 244 g/mol. The maximum absolute atomic E-state index is 12.3. The van der Waals surface area contributed by atoms with E-state index in [0.29, 0.717) is 19.6 Å². The van der Waals surface area contributed by atoms with E-state index in [4.69, 9.17) is 11.5 Å². The highest BCUT2D eigenvalue weighted by molar-refractivity contribution is 5.82. The van der Waals surface area contributed by atoms with Gasteiger partial charge in [0.1, 0.15) is 0 Å². The first kappa shape index (κ1) is 15.9. The fourth-order valence-corrected chi connectivity index (χ4v) is 2.28. The highest BCUT2D eigenvalue weighted by Gasteiger charge is 2.26. The Morgan fingerprint density at radius 2 is 1.89 bits per heavy atom. The van der Waals surface area contributed by atoms with Crippen LogP contribution in [0.5, 0.6) is 0 Å². The van der Waals surface area contributed by atoms with Crippen molar-refractivity contribution < 1.29 is 9.59 Å². The molecule has 0 aliphatic carbocycles. The number of rotatable bonds is 5. The van der Waals surface area contributed by atoms with Crippen molar-refractivity contribution in [1.29, 1.82) is 0 Å². The van der Waals surface area contributed by atoms with Crippen LogP contribution in [0, 0.1) is 5.92 Å². The second-order valence-electron chi connectivity index (χ2n) is 5.33. The maximum Gasteiger partial charge on any atom is 0.239 e. The summed E-state index contributed by atoms with van der Waals surface area (Å²) in [4.78, 5) is 27.0. The smallest absolute Gasteiger partial charge is 0.239 e. The lowest BCUT2D eigenvalue weighted by molar-refractivity contribution is -0.133. The average molecular weight is 270 g/mol. The lowest BCUT2D eigenvalue weighted by Gasteiger charge is -2.27. The fraction of sp³-hybridized carbons (Fsp3) is 0.846. The summed E-state index contributed by atoms with van der Waals surface area (Å²) in [5, 5.41) is 0. The van der Waals surface area contributed by atoms with Gasteiger partial charge in [-0.1, -0.05) is 20.3 Å². The van der Waals surface area contributed by atoms with Crippen LogP contribution in [0.15, 0.2) is 0 Å². The highest BCUT2D eigenvalue weighted by atomic mass is 16.2. The molecule has 1 fully saturated rings. The maximum atomic E-state index is 12.3. The topological polar surface area (TPSA) is 92.7 Å². The van der Waals surface area contributed by atoms with Crippen molar-refractivity contribution in [2.45, 2.75) is 32.7 Å². The summed E-state index contributed by atoms with van der Waals surface area (Å²) in [6, 6.07) is -0.423. The molecule has 0 aromatic rings. The van der Waals surface area contributed by atoms with Crippen molar-refractivity contribution in [3.63, 3.8) is 0 Å². The number of nitrogens with two attached hydrogens (primary N) is 2. The number of hydrogen-bond donors (Lipinski definition) is 2. The van der Waals surface area contributed by atoms with Gasteiger partial charge >= 0.3 is 0 Å². The molecule has 2 atom stereocenters. The molecule has 0 aromatic carbocycles. The van der Waals surface area contributed by atoms with Gasteiger partial charge in [0.05, 0.1) is 12.6 Å². The Kier molecular flexibility index (Phi) is 6.24. The van der Waals surface area contributed by atoms with Gasteiger partial charge in [-0.2, -0.15) is 0 Å². The van der Waals surface area contributed by atoms with E-state index in [1.54, 1.807) is 0 Å². The first-order valence-corrected chi connectivity index (χ1v) is 7.00. The third-order valence-corrected chi connectivity index (χ3v) is 3.82. The SMILES string of the molecule is CCC(C)[C@H](N)C(=O)N1CCCN(CC(N)=O)CC1. The Labute approximate surface area is 115 Å². The monoisotopic (exact) mass is 270 g/mol. The van der Waals surface area contributed by atoms with Crippen molar-refractivity contribution >= 4 is 11.8 Å². The highest BCUT2D eigenvalue weighted by Crippen LogP contribution is 2.11. The van der Waals surface area contributed by atoms with Crippen LogP contribution in [-0.4, -0.2) is 60.4 Å². The summed E-state index contributed by atoms with van der Waals surface area (Å²) < 4.78 is 0. The van der Waals surface area contributed by atoms with E-state index in [9.17, 15) is 9.59 Å². The van der Waals surface area contributed by atoms with Crippen LogP contribution in [0.2, 0.25) is 0 Å². The molecule has 4 N–H and O–H groups in total. The lowest BCUT2D eigenvalue weighted by atomic mass is 9.99. The number of hydrogen-bond acceptors (Lipinski definition) is 4. The Hall–Kier alpha value is -1.14. The summed E-state index contributed by atoms with van der Waals surface area (Å²) in [5.41, 5.74) is 11.2. The van der Waals surface area contributed by atoms with Crippen LogP contribution < -0.4 is 11.5 Å². The second-order valence-corrected chi connectivity index (χ2v) is 5.33. The molecule has 1 aliphatic heterocycles. The van der Waals surface area contributed by atoms with Crippen LogP contribution in [0.3, 0.4) is 0 Å². The van der Waals surface area contributed by atoms with Gasteiger partial charge in [0.15, 0.2) is 0 Å². The molecule has 1 heterocycles. The molecule has 1 aliphatic rings. The van der Waals surface area contributed by atoms with Crippen molar-refractivity contribution in [2.75, 3.05) is 32.7 Å². The van der Waals surface area contributed by atoms with Crippen LogP contribution in [0.25, 0.3) is 0 Å². The summed E-state index contributed by atoms with van der Waals surface area (Å²) in [5.74, 6) is -0.108. The molecule has 0 radical (unpaired) electrons. The van der Waals surface area contributed by atoms with Crippen LogP contribution in [0.1, 0.15) is 26.7 Å². The van der Waals surface area contributed by atoms with Gasteiger partial charge in [-0.05, 0) is 12.3 Å². The minimum absolute atomic E-state index is 0.0234. The number of nitrogens with zero attached hydrogens (tertiary/aromatic N) is 2. The Balaban J connectivity index is 2.52. The van der Waals surface area contributed by atoms with E-state index < -0.39 is 6.04 Å². The molecule has 0 bridgehead atoms. The number of carbonyl (C=O) groups excluding carboxylic acids is 2. The average Bonchev–Trinajstić information content (AvgIpc) is 2.61. The Morgan fingerprint density at radius 1 is 1.21 bits per heavy atom. The standard InChI is InChI=1S/C13H26N4O2/c1-3-10(2)12(15)13(19)17-6-4-5-16(7-8-17)9-11(14)18/h10,12H,3-9,15H2,1-2H3,(H2,14,18)/t10?,12-/m0/s1. The van der Waals surface area contributed by atoms with Gasteiger partial charge in [0, 0.05) is 26.2 Å². The summed E-state index contributed by atoms with van der Waals surface area (Å²) in [7, 11) is 0. The third kappa shape index (κ3) is 4.80. The molecule has 0 aromatic heterocycles. The Morgan fingerprint density at radius 3 is 2.47 bits per heavy atom. The minimum Gasteiger partial charge on any atom is -0.369 e. The molecule has 0 spiro atoms. The number of carbonyl (C=O) groups is 2. The van der Waals surface area contributed by atoms with Gasteiger partial charge in [-0.25, -0.2) is 0 Å². The van der Waals surface area contributed by atoms with E-state index in [2.05, 4.69) is 0 Å². The lowest BCUT2D eigenvalue weighted by Crippen LogP contribution is -2.48. The van der Waals surface area contributed by atoms with Crippen LogP contribution in [-0.2, 0) is 9.59 Å². The zero-order valence-electron chi connectivity index (χ0n) is 12.0. The minimum atomic E-state index is -0.423. The van der Waals surface area contributed by atoms with Gasteiger partial charge in [0.25, 0.3) is 0 Å². The molecule has 110 valence electrons. The normalized spacial score (nSPS) is 20.7.